The number of ether oxygens (including phenoxy) is 2. The molecule has 3 aromatic rings. The van der Waals surface area contributed by atoms with E-state index in [1.165, 1.54) is 0 Å². The lowest BCUT2D eigenvalue weighted by Crippen LogP contribution is -2.22. The molecular weight excluding hydrogens is 465 g/mol. The molecule has 0 atom stereocenters. The van der Waals surface area contributed by atoms with Crippen LogP contribution in [0.1, 0.15) is 11.1 Å². The Morgan fingerprint density at radius 3 is 2.32 bits per heavy atom. The maximum atomic E-state index is 6.01. The van der Waals surface area contributed by atoms with E-state index in [0.29, 0.717) is 19.1 Å². The average molecular weight is 489 g/mol. The average Bonchev–Trinajstić information content (AvgIpc) is 2.72. The second kappa shape index (κ2) is 11.2. The van der Waals surface area contributed by atoms with Crippen LogP contribution in [0.15, 0.2) is 83.9 Å². The molecule has 0 saturated heterocycles. The number of nitrogens with one attached hydrogen (secondary N) is 1. The van der Waals surface area contributed by atoms with Crippen LogP contribution in [0.25, 0.3) is 0 Å². The first-order valence-corrected chi connectivity index (χ1v) is 8.70. The molecule has 0 aromatic heterocycles. The van der Waals surface area contributed by atoms with E-state index in [2.05, 4.69) is 10.3 Å². The minimum atomic E-state index is 0. The SMILES string of the molecule is COc1ccc(NC(N)=NCc2ccccc2OCc2ccccc2)cc1.I. The zero-order valence-corrected chi connectivity index (χ0v) is 18.0. The molecule has 5 nitrogen and oxygen atoms in total. The van der Waals surface area contributed by atoms with Gasteiger partial charge in [0, 0.05) is 11.3 Å². The quantitative estimate of drug-likeness (QED) is 0.284. The minimum absolute atomic E-state index is 0. The Kier molecular flexibility index (Phi) is 8.61. The smallest absolute Gasteiger partial charge is 0.193 e. The van der Waals surface area contributed by atoms with Crippen LogP contribution in [-0.2, 0) is 13.2 Å². The fourth-order valence-corrected chi connectivity index (χ4v) is 2.54. The van der Waals surface area contributed by atoms with Crippen LogP contribution in [0, 0.1) is 0 Å². The van der Waals surface area contributed by atoms with E-state index in [4.69, 9.17) is 15.2 Å². The summed E-state index contributed by atoms with van der Waals surface area (Å²) in [6.45, 7) is 0.946. The predicted molar refractivity (Wildman–Crippen MR) is 125 cm³/mol. The van der Waals surface area contributed by atoms with Gasteiger partial charge in [0.15, 0.2) is 5.96 Å². The van der Waals surface area contributed by atoms with Crippen LogP contribution in [0.2, 0.25) is 0 Å². The molecule has 0 aliphatic carbocycles. The van der Waals surface area contributed by atoms with E-state index in [0.717, 1.165) is 28.3 Å². The summed E-state index contributed by atoms with van der Waals surface area (Å²) in [4.78, 5) is 4.42. The van der Waals surface area contributed by atoms with Crippen LogP contribution >= 0.6 is 24.0 Å². The number of para-hydroxylation sites is 1. The molecule has 0 heterocycles. The van der Waals surface area contributed by atoms with Crippen molar-refractivity contribution in [1.82, 2.24) is 0 Å². The number of guanidine groups is 1. The van der Waals surface area contributed by atoms with Crippen molar-refractivity contribution in [3.63, 3.8) is 0 Å². The van der Waals surface area contributed by atoms with Crippen molar-refractivity contribution in [3.8, 4) is 11.5 Å². The third-order valence-corrected chi connectivity index (χ3v) is 3.99. The summed E-state index contributed by atoms with van der Waals surface area (Å²) in [5, 5.41) is 3.07. The number of benzene rings is 3. The molecule has 0 aliphatic rings. The minimum Gasteiger partial charge on any atom is -0.497 e. The highest BCUT2D eigenvalue weighted by Crippen LogP contribution is 2.20. The Labute approximate surface area is 182 Å². The van der Waals surface area contributed by atoms with Gasteiger partial charge in [-0.15, -0.1) is 24.0 Å². The summed E-state index contributed by atoms with van der Waals surface area (Å²) >= 11 is 0. The second-order valence-electron chi connectivity index (χ2n) is 5.94. The number of hydrogen-bond acceptors (Lipinski definition) is 3. The topological polar surface area (TPSA) is 68.9 Å². The molecule has 6 heteroatoms. The molecule has 0 spiro atoms. The van der Waals surface area contributed by atoms with E-state index < -0.39 is 0 Å². The summed E-state index contributed by atoms with van der Waals surface area (Å²) in [6.07, 6.45) is 0. The van der Waals surface area contributed by atoms with Gasteiger partial charge in [-0.3, -0.25) is 0 Å². The van der Waals surface area contributed by atoms with Crippen molar-refractivity contribution >= 4 is 35.6 Å². The van der Waals surface area contributed by atoms with Crippen LogP contribution < -0.4 is 20.5 Å². The highest BCUT2D eigenvalue weighted by molar-refractivity contribution is 14.0. The van der Waals surface area contributed by atoms with Gasteiger partial charge in [0.05, 0.1) is 13.7 Å². The summed E-state index contributed by atoms with van der Waals surface area (Å²) in [5.74, 6) is 1.95. The van der Waals surface area contributed by atoms with E-state index >= 15 is 0 Å². The monoisotopic (exact) mass is 489 g/mol. The number of rotatable bonds is 7. The van der Waals surface area contributed by atoms with Crippen LogP contribution in [-0.4, -0.2) is 13.1 Å². The maximum absolute atomic E-state index is 6.01. The Balaban J connectivity index is 0.00000280. The molecular formula is C22H24IN3O2. The van der Waals surface area contributed by atoms with Crippen LogP contribution in [0.4, 0.5) is 5.69 Å². The lowest BCUT2D eigenvalue weighted by Gasteiger charge is -2.11. The first-order chi connectivity index (χ1) is 13.2. The van der Waals surface area contributed by atoms with Gasteiger partial charge in [-0.25, -0.2) is 4.99 Å². The van der Waals surface area contributed by atoms with Gasteiger partial charge in [0.2, 0.25) is 0 Å². The first-order valence-electron chi connectivity index (χ1n) is 8.70. The number of anilines is 1. The third-order valence-electron chi connectivity index (χ3n) is 3.99. The van der Waals surface area contributed by atoms with Crippen molar-refractivity contribution in [2.45, 2.75) is 13.2 Å². The molecule has 146 valence electrons. The third kappa shape index (κ3) is 6.45. The van der Waals surface area contributed by atoms with Crippen molar-refractivity contribution in [3.05, 3.63) is 90.0 Å². The second-order valence-corrected chi connectivity index (χ2v) is 5.94. The summed E-state index contributed by atoms with van der Waals surface area (Å²) in [7, 11) is 1.63. The molecule has 0 aliphatic heterocycles. The van der Waals surface area contributed by atoms with Crippen LogP contribution in [0.3, 0.4) is 0 Å². The van der Waals surface area contributed by atoms with Gasteiger partial charge in [0.1, 0.15) is 18.1 Å². The van der Waals surface area contributed by atoms with Gasteiger partial charge in [-0.1, -0.05) is 48.5 Å². The molecule has 0 amide bonds. The van der Waals surface area contributed by atoms with Gasteiger partial charge in [0.25, 0.3) is 0 Å². The molecule has 28 heavy (non-hydrogen) atoms. The van der Waals surface area contributed by atoms with E-state index in [1.807, 2.05) is 78.9 Å². The van der Waals surface area contributed by atoms with Gasteiger partial charge in [-0.05, 0) is 35.9 Å². The normalized spacial score (nSPS) is 10.7. The summed E-state index contributed by atoms with van der Waals surface area (Å²) < 4.78 is 11.1. The molecule has 3 rings (SSSR count). The number of hydrogen-bond donors (Lipinski definition) is 2. The number of halogens is 1. The Morgan fingerprint density at radius 2 is 1.61 bits per heavy atom. The Bertz CT molecular complexity index is 884. The van der Waals surface area contributed by atoms with E-state index in [1.54, 1.807) is 7.11 Å². The highest BCUT2D eigenvalue weighted by atomic mass is 127. The van der Waals surface area contributed by atoms with Gasteiger partial charge in [-0.2, -0.15) is 0 Å². The van der Waals surface area contributed by atoms with Crippen molar-refractivity contribution in [2.75, 3.05) is 12.4 Å². The maximum Gasteiger partial charge on any atom is 0.193 e. The van der Waals surface area contributed by atoms with Crippen molar-refractivity contribution in [1.29, 1.82) is 0 Å². The predicted octanol–water partition coefficient (Wildman–Crippen LogP) is 4.82. The first kappa shape index (κ1) is 21.6. The molecule has 0 saturated carbocycles. The Hall–Kier alpha value is -2.74. The van der Waals surface area contributed by atoms with Gasteiger partial charge < -0.3 is 20.5 Å². The summed E-state index contributed by atoms with van der Waals surface area (Å²) in [5.41, 5.74) is 8.96. The van der Waals surface area contributed by atoms with Crippen LogP contribution in [0.5, 0.6) is 11.5 Å². The lowest BCUT2D eigenvalue weighted by atomic mass is 10.2. The molecule has 0 fully saturated rings. The number of nitrogens with two attached hydrogens (primary N) is 1. The largest absolute Gasteiger partial charge is 0.497 e. The molecule has 0 unspecified atom stereocenters. The van der Waals surface area contributed by atoms with Crippen molar-refractivity contribution < 1.29 is 9.47 Å². The van der Waals surface area contributed by atoms with Crippen molar-refractivity contribution in [2.24, 2.45) is 10.7 Å². The molecule has 0 bridgehead atoms. The zero-order valence-electron chi connectivity index (χ0n) is 15.7. The van der Waals surface area contributed by atoms with E-state index in [-0.39, 0.29) is 24.0 Å². The highest BCUT2D eigenvalue weighted by Gasteiger charge is 2.04. The summed E-state index contributed by atoms with van der Waals surface area (Å²) in [6, 6.07) is 25.4. The molecule has 0 radical (unpaired) electrons. The molecule has 3 aromatic carbocycles. The van der Waals surface area contributed by atoms with Gasteiger partial charge >= 0.3 is 0 Å². The number of methoxy groups -OCH3 is 1. The lowest BCUT2D eigenvalue weighted by molar-refractivity contribution is 0.303. The number of nitrogens with zero attached hydrogens (tertiary/aromatic N) is 1. The standard InChI is InChI=1S/C22H23N3O2.HI/c1-26-20-13-11-19(12-14-20)25-22(23)24-15-18-9-5-6-10-21(18)27-16-17-7-3-2-4-8-17;/h2-14H,15-16H2,1H3,(H3,23,24,25);1H. The Morgan fingerprint density at radius 1 is 0.929 bits per heavy atom. The zero-order chi connectivity index (χ0) is 18.9. The van der Waals surface area contributed by atoms with E-state index in [9.17, 15) is 0 Å². The fourth-order valence-electron chi connectivity index (χ4n) is 2.54. The fraction of sp³-hybridized carbons (Fsp3) is 0.136. The number of aliphatic imine (C=N–C) groups is 1. The molecule has 3 N–H and O–H groups in total.